The quantitative estimate of drug-likeness (QED) is 0.890. The van der Waals surface area contributed by atoms with Crippen LogP contribution in [-0.2, 0) is 0 Å². The third-order valence-electron chi connectivity index (χ3n) is 2.91. The zero-order valence-corrected chi connectivity index (χ0v) is 10.8. The zero-order chi connectivity index (χ0) is 13.0. The Morgan fingerprint density at radius 3 is 2.44 bits per heavy atom. The van der Waals surface area contributed by atoms with Gasteiger partial charge in [-0.15, -0.1) is 0 Å². The highest BCUT2D eigenvalue weighted by atomic mass is 16.5. The topological polar surface area (TPSA) is 29.5 Å². The van der Waals surface area contributed by atoms with Gasteiger partial charge in [0.15, 0.2) is 0 Å². The van der Waals surface area contributed by atoms with Crippen molar-refractivity contribution in [1.82, 2.24) is 0 Å². The molecule has 0 bridgehead atoms. The van der Waals surface area contributed by atoms with Gasteiger partial charge in [-0.2, -0.15) is 0 Å². The van der Waals surface area contributed by atoms with Crippen molar-refractivity contribution in [2.45, 2.75) is 20.0 Å². The lowest BCUT2D eigenvalue weighted by atomic mass is 10.1. The summed E-state index contributed by atoms with van der Waals surface area (Å²) in [6.07, 6.45) is -0.591. The molecule has 0 aromatic heterocycles. The van der Waals surface area contributed by atoms with Gasteiger partial charge >= 0.3 is 0 Å². The fourth-order valence-corrected chi connectivity index (χ4v) is 1.90. The highest BCUT2D eigenvalue weighted by Crippen LogP contribution is 2.21. The van der Waals surface area contributed by atoms with E-state index in [4.69, 9.17) is 4.74 Å². The molecule has 2 aromatic carbocycles. The Bertz CT molecular complexity index is 506. The van der Waals surface area contributed by atoms with Gasteiger partial charge in [-0.05, 0) is 31.0 Å². The van der Waals surface area contributed by atoms with E-state index < -0.39 is 6.10 Å². The number of aryl methyl sites for hydroxylation is 2. The highest BCUT2D eigenvalue weighted by molar-refractivity contribution is 5.35. The second kappa shape index (κ2) is 5.69. The van der Waals surface area contributed by atoms with E-state index in [2.05, 4.69) is 13.0 Å². The summed E-state index contributed by atoms with van der Waals surface area (Å²) in [6.45, 7) is 4.33. The molecule has 0 spiro atoms. The SMILES string of the molecule is Cc1ccc(OCC(O)c2ccccc2)c(C)c1. The predicted molar refractivity (Wildman–Crippen MR) is 72.8 cm³/mol. The molecule has 0 heterocycles. The molecule has 0 radical (unpaired) electrons. The number of hydrogen-bond acceptors (Lipinski definition) is 2. The molecule has 1 N–H and O–H groups in total. The van der Waals surface area contributed by atoms with E-state index in [1.807, 2.05) is 49.4 Å². The first-order valence-corrected chi connectivity index (χ1v) is 6.10. The van der Waals surface area contributed by atoms with E-state index >= 15 is 0 Å². The van der Waals surface area contributed by atoms with Crippen LogP contribution in [0.15, 0.2) is 48.5 Å². The Balaban J connectivity index is 1.99. The molecule has 0 aliphatic rings. The third kappa shape index (κ3) is 3.11. The van der Waals surface area contributed by atoms with Crippen molar-refractivity contribution >= 4 is 0 Å². The molecule has 0 amide bonds. The van der Waals surface area contributed by atoms with Crippen molar-refractivity contribution in [3.63, 3.8) is 0 Å². The van der Waals surface area contributed by atoms with E-state index in [0.717, 1.165) is 16.9 Å². The molecule has 0 saturated heterocycles. The van der Waals surface area contributed by atoms with Crippen molar-refractivity contribution in [2.24, 2.45) is 0 Å². The summed E-state index contributed by atoms with van der Waals surface area (Å²) < 4.78 is 5.66. The number of aliphatic hydroxyl groups excluding tert-OH is 1. The van der Waals surface area contributed by atoms with Gasteiger partial charge in [0, 0.05) is 0 Å². The highest BCUT2D eigenvalue weighted by Gasteiger charge is 2.08. The van der Waals surface area contributed by atoms with Gasteiger partial charge in [0.2, 0.25) is 0 Å². The van der Waals surface area contributed by atoms with Crippen LogP contribution in [0.4, 0.5) is 0 Å². The largest absolute Gasteiger partial charge is 0.490 e. The van der Waals surface area contributed by atoms with Crippen LogP contribution < -0.4 is 4.74 Å². The Labute approximate surface area is 108 Å². The molecule has 0 aliphatic carbocycles. The van der Waals surface area contributed by atoms with Crippen LogP contribution in [0.2, 0.25) is 0 Å². The Morgan fingerprint density at radius 1 is 1.06 bits per heavy atom. The summed E-state index contributed by atoms with van der Waals surface area (Å²) in [6, 6.07) is 15.6. The summed E-state index contributed by atoms with van der Waals surface area (Å²) in [7, 11) is 0. The minimum atomic E-state index is -0.591. The van der Waals surface area contributed by atoms with Crippen LogP contribution in [-0.4, -0.2) is 11.7 Å². The van der Waals surface area contributed by atoms with E-state index in [0.29, 0.717) is 0 Å². The molecule has 94 valence electrons. The lowest BCUT2D eigenvalue weighted by Crippen LogP contribution is -2.10. The summed E-state index contributed by atoms with van der Waals surface area (Å²) in [5.41, 5.74) is 3.18. The number of ether oxygens (including phenoxy) is 1. The van der Waals surface area contributed by atoms with Gasteiger partial charge in [0.1, 0.15) is 18.5 Å². The summed E-state index contributed by atoms with van der Waals surface area (Å²) in [4.78, 5) is 0. The third-order valence-corrected chi connectivity index (χ3v) is 2.91. The molecule has 1 unspecified atom stereocenters. The molecule has 0 aliphatic heterocycles. The van der Waals surface area contributed by atoms with Crippen molar-refractivity contribution < 1.29 is 9.84 Å². The fraction of sp³-hybridized carbons (Fsp3) is 0.250. The van der Waals surface area contributed by atoms with Gasteiger partial charge in [0.25, 0.3) is 0 Å². The fourth-order valence-electron chi connectivity index (χ4n) is 1.90. The molecule has 1 atom stereocenters. The molecule has 2 rings (SSSR count). The maximum absolute atomic E-state index is 10.0. The number of rotatable bonds is 4. The van der Waals surface area contributed by atoms with Crippen LogP contribution in [0.3, 0.4) is 0 Å². The normalized spacial score (nSPS) is 12.2. The standard InChI is InChI=1S/C16H18O2/c1-12-8-9-16(13(2)10-12)18-11-15(17)14-6-4-3-5-7-14/h3-10,15,17H,11H2,1-2H3. The van der Waals surface area contributed by atoms with Gasteiger partial charge < -0.3 is 9.84 Å². The number of aliphatic hydroxyl groups is 1. The predicted octanol–water partition coefficient (Wildman–Crippen LogP) is 3.42. The molecule has 18 heavy (non-hydrogen) atoms. The van der Waals surface area contributed by atoms with Crippen molar-refractivity contribution in [2.75, 3.05) is 6.61 Å². The van der Waals surface area contributed by atoms with Crippen LogP contribution in [0.25, 0.3) is 0 Å². The van der Waals surface area contributed by atoms with Gasteiger partial charge in [0.05, 0.1) is 0 Å². The van der Waals surface area contributed by atoms with Gasteiger partial charge in [-0.1, -0.05) is 48.0 Å². The Hall–Kier alpha value is -1.80. The summed E-state index contributed by atoms with van der Waals surface area (Å²) in [5.74, 6) is 0.829. The first-order chi connectivity index (χ1) is 8.66. The van der Waals surface area contributed by atoms with Crippen LogP contribution in [0, 0.1) is 13.8 Å². The van der Waals surface area contributed by atoms with Crippen molar-refractivity contribution in [3.8, 4) is 5.75 Å². The van der Waals surface area contributed by atoms with Gasteiger partial charge in [-0.3, -0.25) is 0 Å². The van der Waals surface area contributed by atoms with E-state index in [-0.39, 0.29) is 6.61 Å². The van der Waals surface area contributed by atoms with Crippen molar-refractivity contribution in [3.05, 3.63) is 65.2 Å². The molecule has 0 fully saturated rings. The second-order valence-electron chi connectivity index (χ2n) is 4.51. The molecule has 0 saturated carbocycles. The van der Waals surface area contributed by atoms with Crippen LogP contribution >= 0.6 is 0 Å². The monoisotopic (exact) mass is 242 g/mol. The maximum atomic E-state index is 10.0. The van der Waals surface area contributed by atoms with E-state index in [1.165, 1.54) is 5.56 Å². The first kappa shape index (κ1) is 12.7. The first-order valence-electron chi connectivity index (χ1n) is 6.10. The zero-order valence-electron chi connectivity index (χ0n) is 10.8. The Kier molecular flexibility index (Phi) is 4.00. The lowest BCUT2D eigenvalue weighted by Gasteiger charge is -2.14. The van der Waals surface area contributed by atoms with E-state index in [9.17, 15) is 5.11 Å². The average Bonchev–Trinajstić information content (AvgIpc) is 2.38. The van der Waals surface area contributed by atoms with Crippen LogP contribution in [0.1, 0.15) is 22.8 Å². The Morgan fingerprint density at radius 2 is 1.78 bits per heavy atom. The lowest BCUT2D eigenvalue weighted by molar-refractivity contribution is 0.108. The minimum Gasteiger partial charge on any atom is -0.490 e. The summed E-state index contributed by atoms with van der Waals surface area (Å²) >= 11 is 0. The molecular formula is C16H18O2. The van der Waals surface area contributed by atoms with E-state index in [1.54, 1.807) is 0 Å². The van der Waals surface area contributed by atoms with Gasteiger partial charge in [-0.25, -0.2) is 0 Å². The molecule has 2 aromatic rings. The second-order valence-corrected chi connectivity index (χ2v) is 4.51. The molecular weight excluding hydrogens is 224 g/mol. The molecule has 2 nitrogen and oxygen atoms in total. The van der Waals surface area contributed by atoms with Crippen molar-refractivity contribution in [1.29, 1.82) is 0 Å². The molecule has 2 heteroatoms. The minimum absolute atomic E-state index is 0.272. The maximum Gasteiger partial charge on any atom is 0.122 e. The number of hydrogen-bond donors (Lipinski definition) is 1. The smallest absolute Gasteiger partial charge is 0.122 e. The van der Waals surface area contributed by atoms with Crippen LogP contribution in [0.5, 0.6) is 5.75 Å². The summed E-state index contributed by atoms with van der Waals surface area (Å²) in [5, 5.41) is 10.0. The average molecular weight is 242 g/mol. The number of benzene rings is 2.